The first kappa shape index (κ1) is 16.9. The molecule has 2 rings (SSSR count). The summed E-state index contributed by atoms with van der Waals surface area (Å²) in [6.07, 6.45) is 2.83. The van der Waals surface area contributed by atoms with Crippen molar-refractivity contribution in [3.63, 3.8) is 0 Å². The van der Waals surface area contributed by atoms with Crippen molar-refractivity contribution in [1.82, 2.24) is 9.03 Å². The highest BCUT2D eigenvalue weighted by Gasteiger charge is 2.34. The predicted molar refractivity (Wildman–Crippen MR) is 83.9 cm³/mol. The van der Waals surface area contributed by atoms with Crippen LogP contribution in [0.25, 0.3) is 0 Å². The van der Waals surface area contributed by atoms with Crippen molar-refractivity contribution in [3.05, 3.63) is 28.7 Å². The molecule has 0 radical (unpaired) electrons. The molecule has 21 heavy (non-hydrogen) atoms. The molecule has 1 saturated carbocycles. The van der Waals surface area contributed by atoms with Crippen LogP contribution in [0.2, 0.25) is 0 Å². The Hall–Kier alpha value is -0.480. The molecule has 0 saturated heterocycles. The van der Waals surface area contributed by atoms with Crippen molar-refractivity contribution < 1.29 is 16.8 Å². The second kappa shape index (κ2) is 6.33. The molecule has 118 valence electrons. The number of nitrogens with one attached hydrogen (secondary N) is 1. The van der Waals surface area contributed by atoms with Crippen LogP contribution in [0.4, 0.5) is 0 Å². The fourth-order valence-corrected chi connectivity index (χ4v) is 4.43. The zero-order valence-corrected chi connectivity index (χ0v) is 14.7. The summed E-state index contributed by atoms with van der Waals surface area (Å²) >= 11 is 3.24. The quantitative estimate of drug-likeness (QED) is 0.748. The molecule has 0 heterocycles. The molecule has 0 bridgehead atoms. The Kier molecular flexibility index (Phi) is 5.09. The number of hydrogen-bond donors (Lipinski definition) is 1. The van der Waals surface area contributed by atoms with Crippen molar-refractivity contribution in [1.29, 1.82) is 0 Å². The van der Waals surface area contributed by atoms with Crippen molar-refractivity contribution in [2.45, 2.75) is 23.8 Å². The van der Waals surface area contributed by atoms with Gasteiger partial charge in [0.15, 0.2) is 0 Å². The van der Waals surface area contributed by atoms with E-state index in [1.807, 2.05) is 0 Å². The largest absolute Gasteiger partial charge is 0.240 e. The number of halogens is 1. The summed E-state index contributed by atoms with van der Waals surface area (Å²) in [6.45, 7) is 0.210. The van der Waals surface area contributed by atoms with E-state index in [4.69, 9.17) is 0 Å². The average molecular weight is 397 g/mol. The van der Waals surface area contributed by atoms with Gasteiger partial charge in [0.2, 0.25) is 20.0 Å². The van der Waals surface area contributed by atoms with Crippen molar-refractivity contribution in [2.24, 2.45) is 0 Å². The second-order valence-electron chi connectivity index (χ2n) is 4.96. The molecule has 9 heteroatoms. The minimum Gasteiger partial charge on any atom is -0.212 e. The van der Waals surface area contributed by atoms with Crippen LogP contribution in [0.15, 0.2) is 33.6 Å². The molecule has 0 aliphatic heterocycles. The summed E-state index contributed by atoms with van der Waals surface area (Å²) in [5.41, 5.74) is 0. The van der Waals surface area contributed by atoms with E-state index in [0.717, 1.165) is 23.6 Å². The Labute approximate surface area is 133 Å². The molecular weight excluding hydrogens is 380 g/mol. The van der Waals surface area contributed by atoms with Gasteiger partial charge >= 0.3 is 0 Å². The van der Waals surface area contributed by atoms with Gasteiger partial charge in [-0.3, -0.25) is 0 Å². The summed E-state index contributed by atoms with van der Waals surface area (Å²) in [5.74, 6) is 0. The number of rotatable bonds is 7. The fourth-order valence-electron chi connectivity index (χ4n) is 1.97. The van der Waals surface area contributed by atoms with Crippen molar-refractivity contribution in [3.8, 4) is 0 Å². The lowest BCUT2D eigenvalue weighted by Gasteiger charge is -2.19. The van der Waals surface area contributed by atoms with Gasteiger partial charge in [0.05, 0.1) is 11.2 Å². The van der Waals surface area contributed by atoms with Crippen LogP contribution in [0, 0.1) is 0 Å². The highest BCUT2D eigenvalue weighted by atomic mass is 79.9. The number of hydrogen-bond acceptors (Lipinski definition) is 4. The van der Waals surface area contributed by atoms with E-state index in [-0.39, 0.29) is 24.0 Å². The van der Waals surface area contributed by atoms with E-state index in [1.165, 1.54) is 16.4 Å². The third-order valence-electron chi connectivity index (χ3n) is 3.13. The molecule has 1 aliphatic rings. The number of nitrogens with zero attached hydrogens (tertiary/aromatic N) is 1. The molecule has 0 spiro atoms. The molecule has 1 fully saturated rings. The van der Waals surface area contributed by atoms with Gasteiger partial charge in [-0.25, -0.2) is 21.6 Å². The maximum absolute atomic E-state index is 12.1. The first-order valence-electron chi connectivity index (χ1n) is 6.42. The standard InChI is InChI=1S/C12H17BrN2O4S2/c1-20(16,17)15(11-4-5-11)9-8-14-21(18,19)12-6-2-10(13)3-7-12/h2-3,6-7,11,14H,4-5,8-9H2,1H3. The summed E-state index contributed by atoms with van der Waals surface area (Å²) in [6, 6.07) is 6.28. The molecule has 6 nitrogen and oxygen atoms in total. The summed E-state index contributed by atoms with van der Waals surface area (Å²) in [5, 5.41) is 0. The maximum atomic E-state index is 12.1. The normalized spacial score (nSPS) is 16.3. The zero-order chi connectivity index (χ0) is 15.7. The zero-order valence-electron chi connectivity index (χ0n) is 11.5. The predicted octanol–water partition coefficient (Wildman–Crippen LogP) is 1.15. The smallest absolute Gasteiger partial charge is 0.212 e. The lowest BCUT2D eigenvalue weighted by Crippen LogP contribution is -2.39. The lowest BCUT2D eigenvalue weighted by atomic mass is 10.4. The topological polar surface area (TPSA) is 83.6 Å². The minimum absolute atomic E-state index is 0.0252. The third-order valence-corrected chi connectivity index (χ3v) is 6.47. The Morgan fingerprint density at radius 2 is 1.76 bits per heavy atom. The second-order valence-corrected chi connectivity index (χ2v) is 9.57. The van der Waals surface area contributed by atoms with Gasteiger partial charge in [-0.15, -0.1) is 0 Å². The van der Waals surface area contributed by atoms with E-state index >= 15 is 0 Å². The highest BCUT2D eigenvalue weighted by Crippen LogP contribution is 2.28. The Balaban J connectivity index is 1.97. The van der Waals surface area contributed by atoms with Crippen LogP contribution in [0.5, 0.6) is 0 Å². The van der Waals surface area contributed by atoms with Crippen LogP contribution in [-0.4, -0.2) is 46.5 Å². The first-order valence-corrected chi connectivity index (χ1v) is 10.5. The molecule has 1 N–H and O–H groups in total. The van der Waals surface area contributed by atoms with Crippen LogP contribution in [-0.2, 0) is 20.0 Å². The van der Waals surface area contributed by atoms with Gasteiger partial charge in [0.25, 0.3) is 0 Å². The van der Waals surface area contributed by atoms with E-state index in [1.54, 1.807) is 12.1 Å². The van der Waals surface area contributed by atoms with Crippen LogP contribution < -0.4 is 4.72 Å². The highest BCUT2D eigenvalue weighted by molar-refractivity contribution is 9.10. The molecule has 0 aromatic heterocycles. The summed E-state index contributed by atoms with van der Waals surface area (Å²) in [4.78, 5) is 0.156. The van der Waals surface area contributed by atoms with E-state index in [9.17, 15) is 16.8 Å². The Morgan fingerprint density at radius 3 is 2.24 bits per heavy atom. The molecule has 1 aromatic carbocycles. The van der Waals surface area contributed by atoms with Gasteiger partial charge in [0.1, 0.15) is 0 Å². The fraction of sp³-hybridized carbons (Fsp3) is 0.500. The molecule has 0 atom stereocenters. The molecule has 1 aromatic rings. The van der Waals surface area contributed by atoms with Crippen LogP contribution >= 0.6 is 15.9 Å². The Bertz CT molecular complexity index is 697. The van der Waals surface area contributed by atoms with Crippen molar-refractivity contribution in [2.75, 3.05) is 19.3 Å². The first-order chi connectivity index (χ1) is 9.70. The molecular formula is C12H17BrN2O4S2. The molecule has 0 unspecified atom stereocenters. The van der Waals surface area contributed by atoms with Gasteiger partial charge in [-0.1, -0.05) is 15.9 Å². The van der Waals surface area contributed by atoms with E-state index in [2.05, 4.69) is 20.7 Å². The van der Waals surface area contributed by atoms with Crippen molar-refractivity contribution >= 4 is 36.0 Å². The SMILES string of the molecule is CS(=O)(=O)N(CCNS(=O)(=O)c1ccc(Br)cc1)C1CC1. The van der Waals surface area contributed by atoms with E-state index < -0.39 is 20.0 Å². The molecule has 0 amide bonds. The minimum atomic E-state index is -3.62. The third kappa shape index (κ3) is 4.75. The summed E-state index contributed by atoms with van der Waals surface area (Å²) < 4.78 is 51.9. The van der Waals surface area contributed by atoms with Gasteiger partial charge in [-0.05, 0) is 37.1 Å². The van der Waals surface area contributed by atoms with Crippen LogP contribution in [0.3, 0.4) is 0 Å². The Morgan fingerprint density at radius 1 is 1.19 bits per heavy atom. The molecule has 1 aliphatic carbocycles. The van der Waals surface area contributed by atoms with Crippen LogP contribution in [0.1, 0.15) is 12.8 Å². The number of benzene rings is 1. The van der Waals surface area contributed by atoms with Gasteiger partial charge in [-0.2, -0.15) is 4.31 Å². The van der Waals surface area contributed by atoms with Gasteiger partial charge in [0, 0.05) is 23.6 Å². The maximum Gasteiger partial charge on any atom is 0.240 e. The lowest BCUT2D eigenvalue weighted by molar-refractivity contribution is 0.410. The monoisotopic (exact) mass is 396 g/mol. The number of sulfonamides is 2. The van der Waals surface area contributed by atoms with Gasteiger partial charge < -0.3 is 0 Å². The van der Waals surface area contributed by atoms with E-state index in [0.29, 0.717) is 0 Å². The summed E-state index contributed by atoms with van der Waals surface area (Å²) in [7, 11) is -6.91. The average Bonchev–Trinajstić information content (AvgIpc) is 3.18.